The predicted molar refractivity (Wildman–Crippen MR) is 96.5 cm³/mol. The Morgan fingerprint density at radius 1 is 1.21 bits per heavy atom. The lowest BCUT2D eigenvalue weighted by atomic mass is 9.94. The number of carbonyl (C=O) groups excluding carboxylic acids is 1. The molecule has 1 aromatic heterocycles. The molecule has 5 nitrogen and oxygen atoms in total. The van der Waals surface area contributed by atoms with Crippen LogP contribution in [-0.2, 0) is 0 Å². The maximum Gasteiger partial charge on any atom is 0.225 e. The molecule has 120 valence electrons. The number of nitriles is 2. The van der Waals surface area contributed by atoms with E-state index in [9.17, 15) is 15.3 Å². The zero-order valence-electron chi connectivity index (χ0n) is 13.0. The van der Waals surface area contributed by atoms with Gasteiger partial charge in [0.2, 0.25) is 5.12 Å². The summed E-state index contributed by atoms with van der Waals surface area (Å²) in [5, 5.41) is 18.8. The quantitative estimate of drug-likeness (QED) is 0.772. The molecule has 1 aromatic carbocycles. The minimum Gasteiger partial charge on any atom is -0.383 e. The van der Waals surface area contributed by atoms with Gasteiger partial charge in [-0.3, -0.25) is 4.79 Å². The number of nitrogen functional groups attached to an aromatic ring is 1. The SMILES string of the molecule is CC(C)c1c(C#N)c(N)nc(SC(=O)c2ccc(Br)cc2)c1C#N. The highest BCUT2D eigenvalue weighted by molar-refractivity contribution is 9.10. The Labute approximate surface area is 152 Å². The molecule has 0 aliphatic carbocycles. The Bertz CT molecular complexity index is 879. The van der Waals surface area contributed by atoms with Crippen LogP contribution in [0.1, 0.15) is 46.8 Å². The summed E-state index contributed by atoms with van der Waals surface area (Å²) in [4.78, 5) is 16.5. The van der Waals surface area contributed by atoms with Crippen molar-refractivity contribution in [2.45, 2.75) is 24.8 Å². The number of pyridine rings is 1. The van der Waals surface area contributed by atoms with E-state index in [1.165, 1.54) is 0 Å². The molecule has 2 aromatic rings. The average molecular weight is 401 g/mol. The van der Waals surface area contributed by atoms with Crippen molar-refractivity contribution >= 4 is 38.6 Å². The molecule has 2 rings (SSSR count). The molecule has 0 aliphatic rings. The standard InChI is InChI=1S/C17H13BrN4OS/c1-9(2)14-12(7-19)15(21)22-16(13(14)8-20)24-17(23)10-3-5-11(18)6-4-10/h3-6,9H,1-2H3,(H2,21,22). The van der Waals surface area contributed by atoms with Crippen molar-refractivity contribution in [1.29, 1.82) is 10.5 Å². The maximum atomic E-state index is 12.4. The van der Waals surface area contributed by atoms with Gasteiger partial charge in [-0.1, -0.05) is 29.8 Å². The van der Waals surface area contributed by atoms with Crippen molar-refractivity contribution in [3.63, 3.8) is 0 Å². The largest absolute Gasteiger partial charge is 0.383 e. The molecule has 0 atom stereocenters. The minimum absolute atomic E-state index is 0.0336. The van der Waals surface area contributed by atoms with Gasteiger partial charge < -0.3 is 5.73 Å². The van der Waals surface area contributed by atoms with E-state index in [2.05, 4.69) is 27.0 Å². The van der Waals surface area contributed by atoms with E-state index < -0.39 is 0 Å². The first kappa shape index (κ1) is 18.0. The highest BCUT2D eigenvalue weighted by atomic mass is 79.9. The van der Waals surface area contributed by atoms with Crippen LogP contribution in [0.3, 0.4) is 0 Å². The first-order chi connectivity index (χ1) is 11.4. The third-order valence-electron chi connectivity index (χ3n) is 3.30. The van der Waals surface area contributed by atoms with Gasteiger partial charge in [0.25, 0.3) is 0 Å². The zero-order chi connectivity index (χ0) is 17.9. The molecule has 0 spiro atoms. The Morgan fingerprint density at radius 2 is 1.79 bits per heavy atom. The normalized spacial score (nSPS) is 10.2. The summed E-state index contributed by atoms with van der Waals surface area (Å²) in [6.07, 6.45) is 0. The van der Waals surface area contributed by atoms with E-state index in [-0.39, 0.29) is 33.0 Å². The van der Waals surface area contributed by atoms with Crippen molar-refractivity contribution in [2.75, 3.05) is 5.73 Å². The topological polar surface area (TPSA) is 104 Å². The molecule has 0 amide bonds. The first-order valence-electron chi connectivity index (χ1n) is 7.00. The number of nitrogens with zero attached hydrogens (tertiary/aromatic N) is 3. The van der Waals surface area contributed by atoms with Crippen molar-refractivity contribution in [3.05, 3.63) is 51.0 Å². The molecule has 0 radical (unpaired) electrons. The Hall–Kier alpha value is -2.35. The molecular weight excluding hydrogens is 388 g/mol. The van der Waals surface area contributed by atoms with E-state index in [1.54, 1.807) is 24.3 Å². The first-order valence-corrected chi connectivity index (χ1v) is 8.61. The van der Waals surface area contributed by atoms with Gasteiger partial charge in [0.1, 0.15) is 23.0 Å². The Morgan fingerprint density at radius 3 is 2.29 bits per heavy atom. The summed E-state index contributed by atoms with van der Waals surface area (Å²) in [7, 11) is 0. The molecule has 24 heavy (non-hydrogen) atoms. The van der Waals surface area contributed by atoms with Gasteiger partial charge >= 0.3 is 0 Å². The van der Waals surface area contributed by atoms with Crippen LogP contribution in [0.2, 0.25) is 0 Å². The molecule has 0 aliphatic heterocycles. The third-order valence-corrected chi connectivity index (χ3v) is 4.74. The number of halogens is 1. The van der Waals surface area contributed by atoms with Crippen LogP contribution in [0.4, 0.5) is 5.82 Å². The van der Waals surface area contributed by atoms with Crippen molar-refractivity contribution in [2.24, 2.45) is 0 Å². The molecule has 7 heteroatoms. The van der Waals surface area contributed by atoms with Crippen LogP contribution in [0.25, 0.3) is 0 Å². The van der Waals surface area contributed by atoms with Crippen LogP contribution < -0.4 is 5.73 Å². The fourth-order valence-corrected chi connectivity index (χ4v) is 3.30. The van der Waals surface area contributed by atoms with Gasteiger partial charge in [0.15, 0.2) is 0 Å². The number of rotatable bonds is 3. The maximum absolute atomic E-state index is 12.4. The lowest BCUT2D eigenvalue weighted by molar-refractivity contribution is 0.108. The molecule has 0 unspecified atom stereocenters. The van der Waals surface area contributed by atoms with Crippen LogP contribution in [-0.4, -0.2) is 10.1 Å². The second-order valence-electron chi connectivity index (χ2n) is 5.24. The molecule has 0 saturated carbocycles. The van der Waals surface area contributed by atoms with Gasteiger partial charge in [-0.25, -0.2) is 4.98 Å². The van der Waals surface area contributed by atoms with Crippen LogP contribution in [0.5, 0.6) is 0 Å². The van der Waals surface area contributed by atoms with E-state index in [0.717, 1.165) is 16.2 Å². The van der Waals surface area contributed by atoms with Gasteiger partial charge in [-0.15, -0.1) is 0 Å². The summed E-state index contributed by atoms with van der Waals surface area (Å²) in [6, 6.07) is 11.0. The predicted octanol–water partition coefficient (Wildman–Crippen LogP) is 4.23. The number of nitrogens with two attached hydrogens (primary N) is 1. The van der Waals surface area contributed by atoms with E-state index in [1.807, 2.05) is 19.9 Å². The lowest BCUT2D eigenvalue weighted by Gasteiger charge is -2.14. The highest BCUT2D eigenvalue weighted by Gasteiger charge is 2.23. The van der Waals surface area contributed by atoms with Crippen LogP contribution in [0, 0.1) is 22.7 Å². The minimum atomic E-state index is -0.245. The van der Waals surface area contributed by atoms with Gasteiger partial charge in [-0.2, -0.15) is 10.5 Å². The van der Waals surface area contributed by atoms with Crippen LogP contribution >= 0.6 is 27.7 Å². The molecule has 0 saturated heterocycles. The summed E-state index contributed by atoms with van der Waals surface area (Å²) in [6.45, 7) is 3.73. The summed E-state index contributed by atoms with van der Waals surface area (Å²) in [5.41, 5.74) is 7.29. The van der Waals surface area contributed by atoms with Gasteiger partial charge in [0.05, 0.1) is 11.1 Å². The Balaban J connectivity index is 2.51. The number of anilines is 1. The number of thioether (sulfide) groups is 1. The average Bonchev–Trinajstić information content (AvgIpc) is 2.54. The number of hydrogen-bond donors (Lipinski definition) is 1. The second-order valence-corrected chi connectivity index (χ2v) is 7.12. The highest BCUT2D eigenvalue weighted by Crippen LogP contribution is 2.34. The van der Waals surface area contributed by atoms with Crippen molar-refractivity contribution < 1.29 is 4.79 Å². The number of carbonyl (C=O) groups is 1. The molecule has 2 N–H and O–H groups in total. The van der Waals surface area contributed by atoms with Crippen LogP contribution in [0.15, 0.2) is 33.8 Å². The number of aromatic nitrogens is 1. The third kappa shape index (κ3) is 3.59. The zero-order valence-corrected chi connectivity index (χ0v) is 15.4. The second kappa shape index (κ2) is 7.48. The van der Waals surface area contributed by atoms with Gasteiger partial charge in [-0.05, 0) is 47.5 Å². The molecule has 0 bridgehead atoms. The van der Waals surface area contributed by atoms with E-state index >= 15 is 0 Å². The number of benzene rings is 1. The van der Waals surface area contributed by atoms with Crippen molar-refractivity contribution in [3.8, 4) is 12.1 Å². The monoisotopic (exact) mass is 400 g/mol. The smallest absolute Gasteiger partial charge is 0.225 e. The summed E-state index contributed by atoms with van der Waals surface area (Å²) in [5.74, 6) is -0.0620. The van der Waals surface area contributed by atoms with Gasteiger partial charge in [0, 0.05) is 10.0 Å². The van der Waals surface area contributed by atoms with Crippen molar-refractivity contribution in [1.82, 2.24) is 4.98 Å². The fourth-order valence-electron chi connectivity index (χ4n) is 2.21. The Kier molecular flexibility index (Phi) is 5.61. The molecule has 0 fully saturated rings. The molecular formula is C17H13BrN4OS. The van der Waals surface area contributed by atoms with E-state index in [0.29, 0.717) is 11.1 Å². The summed E-state index contributed by atoms with van der Waals surface area (Å²) >= 11 is 4.16. The fraction of sp³-hybridized carbons (Fsp3) is 0.176. The lowest BCUT2D eigenvalue weighted by Crippen LogP contribution is -2.08. The summed E-state index contributed by atoms with van der Waals surface area (Å²) < 4.78 is 0.865. The van der Waals surface area contributed by atoms with E-state index in [4.69, 9.17) is 5.73 Å². The molecule has 1 heterocycles. The number of hydrogen-bond acceptors (Lipinski definition) is 6.